The Labute approximate surface area is 88.8 Å². The second-order valence-electron chi connectivity index (χ2n) is 3.52. The summed E-state index contributed by atoms with van der Waals surface area (Å²) < 4.78 is 10.9. The first-order valence-electron chi connectivity index (χ1n) is 5.06. The Kier molecular flexibility index (Phi) is 3.01. The van der Waals surface area contributed by atoms with Crippen molar-refractivity contribution in [3.05, 3.63) is 11.8 Å². The van der Waals surface area contributed by atoms with Crippen LogP contribution >= 0.6 is 0 Å². The van der Waals surface area contributed by atoms with Gasteiger partial charge in [-0.25, -0.2) is 4.98 Å². The maximum absolute atomic E-state index is 5.68. The molecule has 5 heteroatoms. The molecule has 1 saturated heterocycles. The van der Waals surface area contributed by atoms with Crippen molar-refractivity contribution in [3.8, 4) is 5.88 Å². The molecule has 1 unspecified atom stereocenters. The van der Waals surface area contributed by atoms with Crippen molar-refractivity contribution in [3.63, 3.8) is 0 Å². The van der Waals surface area contributed by atoms with E-state index in [1.165, 1.54) is 0 Å². The van der Waals surface area contributed by atoms with Gasteiger partial charge in [-0.1, -0.05) is 0 Å². The highest BCUT2D eigenvalue weighted by Crippen LogP contribution is 2.16. The number of aryl methyl sites for hydroxylation is 1. The molecule has 0 radical (unpaired) electrons. The Bertz CT molecular complexity index is 337. The van der Waals surface area contributed by atoms with Crippen LogP contribution in [-0.2, 0) is 4.74 Å². The molecule has 82 valence electrons. The standard InChI is InChI=1S/C10H15N3O2/c1-7-5-9(13-10(11-2)12-7)15-8-3-4-14-6-8/h5,8H,3-4,6H2,1-2H3,(H,11,12,13). The largest absolute Gasteiger partial charge is 0.472 e. The molecule has 1 fully saturated rings. The van der Waals surface area contributed by atoms with Gasteiger partial charge in [-0.2, -0.15) is 4.98 Å². The zero-order chi connectivity index (χ0) is 10.7. The zero-order valence-electron chi connectivity index (χ0n) is 8.99. The summed E-state index contributed by atoms with van der Waals surface area (Å²) in [5.74, 6) is 1.20. The van der Waals surface area contributed by atoms with Crippen molar-refractivity contribution in [2.75, 3.05) is 25.6 Å². The van der Waals surface area contributed by atoms with Gasteiger partial charge in [-0.15, -0.1) is 0 Å². The maximum atomic E-state index is 5.68. The van der Waals surface area contributed by atoms with E-state index in [0.717, 1.165) is 18.7 Å². The molecule has 2 heterocycles. The predicted octanol–water partition coefficient (Wildman–Crippen LogP) is 0.994. The minimum Gasteiger partial charge on any atom is -0.472 e. The Hall–Kier alpha value is -1.36. The zero-order valence-corrected chi connectivity index (χ0v) is 8.99. The van der Waals surface area contributed by atoms with Gasteiger partial charge in [0.05, 0.1) is 13.2 Å². The first-order valence-corrected chi connectivity index (χ1v) is 5.06. The van der Waals surface area contributed by atoms with Crippen LogP contribution in [0.15, 0.2) is 6.07 Å². The molecule has 1 aliphatic rings. The predicted molar refractivity (Wildman–Crippen MR) is 56.2 cm³/mol. The molecule has 0 saturated carbocycles. The van der Waals surface area contributed by atoms with Gasteiger partial charge in [-0.05, 0) is 6.92 Å². The number of ether oxygens (including phenoxy) is 2. The summed E-state index contributed by atoms with van der Waals surface area (Å²) >= 11 is 0. The first-order chi connectivity index (χ1) is 7.28. The number of aromatic nitrogens is 2. The number of hydrogen-bond donors (Lipinski definition) is 1. The van der Waals surface area contributed by atoms with Gasteiger partial charge in [-0.3, -0.25) is 0 Å². The van der Waals surface area contributed by atoms with E-state index < -0.39 is 0 Å². The lowest BCUT2D eigenvalue weighted by atomic mass is 10.3. The fraction of sp³-hybridized carbons (Fsp3) is 0.600. The molecule has 2 rings (SSSR count). The molecule has 0 aliphatic carbocycles. The van der Waals surface area contributed by atoms with Crippen LogP contribution < -0.4 is 10.1 Å². The van der Waals surface area contributed by atoms with Crippen LogP contribution in [0.4, 0.5) is 5.95 Å². The molecule has 1 aliphatic heterocycles. The molecular formula is C10H15N3O2. The van der Waals surface area contributed by atoms with Crippen LogP contribution in [0.1, 0.15) is 12.1 Å². The van der Waals surface area contributed by atoms with E-state index in [9.17, 15) is 0 Å². The van der Waals surface area contributed by atoms with Gasteiger partial charge in [0.25, 0.3) is 0 Å². The van der Waals surface area contributed by atoms with Crippen molar-refractivity contribution in [2.24, 2.45) is 0 Å². The number of nitrogens with zero attached hydrogens (tertiary/aromatic N) is 2. The molecule has 1 aromatic heterocycles. The average Bonchev–Trinajstić information content (AvgIpc) is 2.69. The van der Waals surface area contributed by atoms with Gasteiger partial charge >= 0.3 is 0 Å². The van der Waals surface area contributed by atoms with Gasteiger partial charge in [0.15, 0.2) is 0 Å². The Balaban J connectivity index is 2.09. The van der Waals surface area contributed by atoms with E-state index in [2.05, 4.69) is 15.3 Å². The van der Waals surface area contributed by atoms with Crippen LogP contribution in [0, 0.1) is 6.92 Å². The summed E-state index contributed by atoms with van der Waals surface area (Å²) in [6.07, 6.45) is 1.06. The Morgan fingerprint density at radius 1 is 1.53 bits per heavy atom. The maximum Gasteiger partial charge on any atom is 0.225 e. The highest BCUT2D eigenvalue weighted by Gasteiger charge is 2.18. The summed E-state index contributed by atoms with van der Waals surface area (Å²) in [5.41, 5.74) is 0.892. The van der Waals surface area contributed by atoms with Gasteiger partial charge < -0.3 is 14.8 Å². The molecule has 5 nitrogen and oxygen atoms in total. The molecular weight excluding hydrogens is 194 g/mol. The SMILES string of the molecule is CNc1nc(C)cc(OC2CCOC2)n1. The van der Waals surface area contributed by atoms with E-state index in [0.29, 0.717) is 18.4 Å². The average molecular weight is 209 g/mol. The number of nitrogens with one attached hydrogen (secondary N) is 1. The smallest absolute Gasteiger partial charge is 0.225 e. The van der Waals surface area contributed by atoms with Crippen molar-refractivity contribution in [1.29, 1.82) is 0 Å². The molecule has 1 atom stereocenters. The quantitative estimate of drug-likeness (QED) is 0.804. The van der Waals surface area contributed by atoms with Crippen LogP contribution in [0.5, 0.6) is 5.88 Å². The van der Waals surface area contributed by atoms with Crippen molar-refractivity contribution in [1.82, 2.24) is 9.97 Å². The van der Waals surface area contributed by atoms with Crippen molar-refractivity contribution in [2.45, 2.75) is 19.4 Å². The van der Waals surface area contributed by atoms with Crippen LogP contribution in [0.3, 0.4) is 0 Å². The second kappa shape index (κ2) is 4.44. The number of anilines is 1. The first kappa shape index (κ1) is 10.2. The second-order valence-corrected chi connectivity index (χ2v) is 3.52. The summed E-state index contributed by atoms with van der Waals surface area (Å²) in [4.78, 5) is 8.41. The molecule has 0 spiro atoms. The fourth-order valence-electron chi connectivity index (χ4n) is 1.49. The van der Waals surface area contributed by atoms with Gasteiger partial charge in [0, 0.05) is 25.2 Å². The van der Waals surface area contributed by atoms with Gasteiger partial charge in [0.2, 0.25) is 11.8 Å². The fourth-order valence-corrected chi connectivity index (χ4v) is 1.49. The molecule has 0 bridgehead atoms. The number of rotatable bonds is 3. The molecule has 0 amide bonds. The lowest BCUT2D eigenvalue weighted by molar-refractivity contribution is 0.138. The third-order valence-corrected chi connectivity index (χ3v) is 2.23. The molecule has 1 N–H and O–H groups in total. The number of hydrogen-bond acceptors (Lipinski definition) is 5. The van der Waals surface area contributed by atoms with Crippen LogP contribution in [-0.4, -0.2) is 36.3 Å². The minimum absolute atomic E-state index is 0.129. The van der Waals surface area contributed by atoms with Crippen LogP contribution in [0.2, 0.25) is 0 Å². The summed E-state index contributed by atoms with van der Waals surface area (Å²) in [7, 11) is 1.79. The highest BCUT2D eigenvalue weighted by atomic mass is 16.5. The molecule has 15 heavy (non-hydrogen) atoms. The van der Waals surface area contributed by atoms with E-state index in [-0.39, 0.29) is 6.10 Å². The lowest BCUT2D eigenvalue weighted by Gasteiger charge is -2.11. The molecule has 1 aromatic rings. The monoisotopic (exact) mass is 209 g/mol. The molecule has 0 aromatic carbocycles. The van der Waals surface area contributed by atoms with Crippen LogP contribution in [0.25, 0.3) is 0 Å². The Morgan fingerprint density at radius 3 is 3.07 bits per heavy atom. The van der Waals surface area contributed by atoms with E-state index in [1.54, 1.807) is 7.05 Å². The van der Waals surface area contributed by atoms with Crippen molar-refractivity contribution < 1.29 is 9.47 Å². The third kappa shape index (κ3) is 2.56. The van der Waals surface area contributed by atoms with Gasteiger partial charge in [0.1, 0.15) is 6.10 Å². The highest BCUT2D eigenvalue weighted by molar-refractivity contribution is 5.29. The summed E-state index contributed by atoms with van der Waals surface area (Å²) in [5, 5.41) is 2.90. The Morgan fingerprint density at radius 2 is 2.40 bits per heavy atom. The lowest BCUT2D eigenvalue weighted by Crippen LogP contribution is -2.17. The van der Waals surface area contributed by atoms with E-state index in [4.69, 9.17) is 9.47 Å². The van der Waals surface area contributed by atoms with E-state index in [1.807, 2.05) is 13.0 Å². The summed E-state index contributed by atoms with van der Waals surface area (Å²) in [6.45, 7) is 3.34. The third-order valence-electron chi connectivity index (χ3n) is 2.23. The minimum atomic E-state index is 0.129. The topological polar surface area (TPSA) is 56.3 Å². The van der Waals surface area contributed by atoms with E-state index >= 15 is 0 Å². The summed E-state index contributed by atoms with van der Waals surface area (Å²) in [6, 6.07) is 1.83. The van der Waals surface area contributed by atoms with Crippen molar-refractivity contribution >= 4 is 5.95 Å². The normalized spacial score (nSPS) is 20.3.